The van der Waals surface area contributed by atoms with E-state index in [2.05, 4.69) is 5.32 Å². The molecule has 0 spiro atoms. The van der Waals surface area contributed by atoms with Crippen molar-refractivity contribution in [1.29, 1.82) is 0 Å². The summed E-state index contributed by atoms with van der Waals surface area (Å²) in [5.74, 6) is -1.98. The molecule has 10 nitrogen and oxygen atoms in total. The van der Waals surface area contributed by atoms with E-state index in [0.717, 1.165) is 12.1 Å². The van der Waals surface area contributed by atoms with Crippen LogP contribution in [0.1, 0.15) is 10.4 Å². The summed E-state index contributed by atoms with van der Waals surface area (Å²) in [5.41, 5.74) is -1.36. The number of anilines is 1. The molecule has 0 fully saturated rings. The summed E-state index contributed by atoms with van der Waals surface area (Å²) >= 11 is 5.71. The number of rotatable bonds is 6. The molecule has 0 aliphatic carbocycles. The Hall–Kier alpha value is -3.53. The number of nitrogens with one attached hydrogen (secondary N) is 1. The first-order valence-electron chi connectivity index (χ1n) is 6.94. The number of halogens is 1. The Morgan fingerprint density at radius 3 is 2.35 bits per heavy atom. The number of amides is 1. The number of carbonyl (C=O) groups is 2. The Morgan fingerprint density at radius 1 is 1.04 bits per heavy atom. The van der Waals surface area contributed by atoms with Crippen molar-refractivity contribution in [1.82, 2.24) is 0 Å². The maximum Gasteiger partial charge on any atom is 0.345 e. The number of nitro groups is 2. The summed E-state index contributed by atoms with van der Waals surface area (Å²) in [5, 5.41) is 24.1. The molecule has 0 radical (unpaired) electrons. The second-order valence-electron chi connectivity index (χ2n) is 4.82. The van der Waals surface area contributed by atoms with Gasteiger partial charge in [-0.2, -0.15) is 0 Å². The lowest BCUT2D eigenvalue weighted by molar-refractivity contribution is -0.385. The average Bonchev–Trinajstić information content (AvgIpc) is 2.59. The Labute approximate surface area is 150 Å². The van der Waals surface area contributed by atoms with Crippen LogP contribution >= 0.6 is 11.6 Å². The van der Waals surface area contributed by atoms with Crippen molar-refractivity contribution in [2.75, 3.05) is 11.9 Å². The Morgan fingerprint density at radius 2 is 1.69 bits per heavy atom. The van der Waals surface area contributed by atoms with Gasteiger partial charge in [0.2, 0.25) is 0 Å². The first-order valence-corrected chi connectivity index (χ1v) is 7.31. The van der Waals surface area contributed by atoms with Gasteiger partial charge in [0.15, 0.2) is 6.61 Å². The van der Waals surface area contributed by atoms with Crippen LogP contribution in [0.4, 0.5) is 17.1 Å². The third kappa shape index (κ3) is 4.51. The lowest BCUT2D eigenvalue weighted by Crippen LogP contribution is -2.21. The van der Waals surface area contributed by atoms with Crippen LogP contribution in [0.15, 0.2) is 42.5 Å². The van der Waals surface area contributed by atoms with Crippen molar-refractivity contribution in [2.45, 2.75) is 0 Å². The van der Waals surface area contributed by atoms with E-state index in [1.807, 2.05) is 0 Å². The van der Waals surface area contributed by atoms with E-state index in [9.17, 15) is 29.8 Å². The quantitative estimate of drug-likeness (QED) is 0.461. The Bertz CT molecular complexity index is 901. The van der Waals surface area contributed by atoms with Crippen molar-refractivity contribution in [3.63, 3.8) is 0 Å². The zero-order chi connectivity index (χ0) is 19.3. The van der Waals surface area contributed by atoms with Crippen molar-refractivity contribution in [2.24, 2.45) is 0 Å². The highest BCUT2D eigenvalue weighted by Gasteiger charge is 2.23. The molecule has 1 amide bonds. The van der Waals surface area contributed by atoms with Crippen molar-refractivity contribution in [3.8, 4) is 0 Å². The van der Waals surface area contributed by atoms with Gasteiger partial charge in [-0.25, -0.2) is 4.79 Å². The SMILES string of the molecule is O=C(COC(=O)c1cc(Cl)ccc1[N+](=O)[O-])Nc1ccccc1[N+](=O)[O-]. The van der Waals surface area contributed by atoms with E-state index in [0.29, 0.717) is 0 Å². The number of esters is 1. The van der Waals surface area contributed by atoms with E-state index >= 15 is 0 Å². The monoisotopic (exact) mass is 379 g/mol. The van der Waals surface area contributed by atoms with E-state index in [-0.39, 0.29) is 16.4 Å². The largest absolute Gasteiger partial charge is 0.452 e. The van der Waals surface area contributed by atoms with Crippen LogP contribution in [0.25, 0.3) is 0 Å². The molecule has 11 heteroatoms. The molecule has 0 unspecified atom stereocenters. The zero-order valence-corrected chi connectivity index (χ0v) is 13.6. The van der Waals surface area contributed by atoms with Gasteiger partial charge < -0.3 is 10.1 Å². The molecule has 0 aliphatic rings. The molecule has 0 aromatic heterocycles. The third-order valence-corrected chi connectivity index (χ3v) is 3.32. The fourth-order valence-electron chi connectivity index (χ4n) is 1.96. The maximum atomic E-state index is 12.0. The molecule has 0 aliphatic heterocycles. The first-order chi connectivity index (χ1) is 12.3. The summed E-state index contributed by atoms with van der Waals surface area (Å²) < 4.78 is 4.72. The number of benzene rings is 2. The summed E-state index contributed by atoms with van der Waals surface area (Å²) in [6.45, 7) is -0.797. The third-order valence-electron chi connectivity index (χ3n) is 3.08. The van der Waals surface area contributed by atoms with Gasteiger partial charge in [0.1, 0.15) is 11.3 Å². The number of ether oxygens (including phenoxy) is 1. The van der Waals surface area contributed by atoms with Gasteiger partial charge in [-0.3, -0.25) is 25.0 Å². The van der Waals surface area contributed by atoms with Gasteiger partial charge in [-0.1, -0.05) is 23.7 Å². The lowest BCUT2D eigenvalue weighted by Gasteiger charge is -2.07. The molecule has 134 valence electrons. The highest BCUT2D eigenvalue weighted by Crippen LogP contribution is 2.24. The molecular weight excluding hydrogens is 370 g/mol. The van der Waals surface area contributed by atoms with E-state index < -0.39 is 39.6 Å². The Balaban J connectivity index is 2.07. The molecule has 26 heavy (non-hydrogen) atoms. The average molecular weight is 380 g/mol. The number of carbonyl (C=O) groups excluding carboxylic acids is 2. The van der Waals surface area contributed by atoms with Crippen LogP contribution in [0.3, 0.4) is 0 Å². The molecule has 0 saturated carbocycles. The van der Waals surface area contributed by atoms with Gasteiger partial charge in [0.25, 0.3) is 17.3 Å². The van der Waals surface area contributed by atoms with Gasteiger partial charge in [-0.05, 0) is 18.2 Å². The normalized spacial score (nSPS) is 10.0. The molecule has 2 rings (SSSR count). The summed E-state index contributed by atoms with van der Waals surface area (Å²) in [4.78, 5) is 44.2. The molecular formula is C15H10ClN3O7. The van der Waals surface area contributed by atoms with E-state index in [4.69, 9.17) is 16.3 Å². The standard InChI is InChI=1S/C15H10ClN3O7/c16-9-5-6-12(18(22)23)10(7-9)15(21)26-8-14(20)17-11-3-1-2-4-13(11)19(24)25/h1-7H,8H2,(H,17,20). The van der Waals surface area contributed by atoms with Gasteiger partial charge in [0, 0.05) is 17.2 Å². The van der Waals surface area contributed by atoms with Crippen LogP contribution in [0.2, 0.25) is 5.02 Å². The molecule has 0 heterocycles. The topological polar surface area (TPSA) is 142 Å². The molecule has 2 aromatic rings. The maximum absolute atomic E-state index is 12.0. The molecule has 0 atom stereocenters. The number of hydrogen-bond acceptors (Lipinski definition) is 7. The molecule has 0 saturated heterocycles. The van der Waals surface area contributed by atoms with E-state index in [1.54, 1.807) is 0 Å². The first kappa shape index (κ1) is 18.8. The van der Waals surface area contributed by atoms with Crippen LogP contribution in [0.5, 0.6) is 0 Å². The minimum absolute atomic E-state index is 0.0758. The summed E-state index contributed by atoms with van der Waals surface area (Å²) in [7, 11) is 0. The zero-order valence-electron chi connectivity index (χ0n) is 12.9. The number of hydrogen-bond donors (Lipinski definition) is 1. The van der Waals surface area contributed by atoms with Crippen LogP contribution in [-0.2, 0) is 9.53 Å². The van der Waals surface area contributed by atoms with Crippen molar-refractivity contribution < 1.29 is 24.2 Å². The van der Waals surface area contributed by atoms with Crippen LogP contribution in [-0.4, -0.2) is 28.3 Å². The predicted molar refractivity (Wildman–Crippen MR) is 90.1 cm³/mol. The number of para-hydroxylation sites is 2. The van der Waals surface area contributed by atoms with Gasteiger partial charge in [0.05, 0.1) is 9.85 Å². The highest BCUT2D eigenvalue weighted by molar-refractivity contribution is 6.31. The highest BCUT2D eigenvalue weighted by atomic mass is 35.5. The number of nitrogens with zero attached hydrogens (tertiary/aromatic N) is 2. The fraction of sp³-hybridized carbons (Fsp3) is 0.0667. The lowest BCUT2D eigenvalue weighted by atomic mass is 10.2. The van der Waals surface area contributed by atoms with Crippen molar-refractivity contribution >= 4 is 40.5 Å². The van der Waals surface area contributed by atoms with Crippen molar-refractivity contribution in [3.05, 3.63) is 73.3 Å². The number of nitro benzene ring substituents is 2. The summed E-state index contributed by atoms with van der Waals surface area (Å²) in [6, 6.07) is 8.71. The van der Waals surface area contributed by atoms with Crippen LogP contribution < -0.4 is 5.32 Å². The minimum atomic E-state index is -1.13. The van der Waals surface area contributed by atoms with Gasteiger partial charge >= 0.3 is 5.97 Å². The van der Waals surface area contributed by atoms with Gasteiger partial charge in [-0.15, -0.1) is 0 Å². The fourth-order valence-corrected chi connectivity index (χ4v) is 2.14. The smallest absolute Gasteiger partial charge is 0.345 e. The molecule has 0 bridgehead atoms. The van der Waals surface area contributed by atoms with E-state index in [1.165, 1.54) is 30.3 Å². The Kier molecular flexibility index (Phi) is 5.81. The molecule has 1 N–H and O–H groups in total. The minimum Gasteiger partial charge on any atom is -0.452 e. The van der Waals surface area contributed by atoms with Crippen LogP contribution in [0, 0.1) is 20.2 Å². The predicted octanol–water partition coefficient (Wildman–Crippen LogP) is 2.95. The molecule has 2 aromatic carbocycles. The second-order valence-corrected chi connectivity index (χ2v) is 5.25. The summed E-state index contributed by atoms with van der Waals surface area (Å²) in [6.07, 6.45) is 0. The second kappa shape index (κ2) is 8.03.